The van der Waals surface area contributed by atoms with Crippen LogP contribution in [0.2, 0.25) is 5.02 Å². The summed E-state index contributed by atoms with van der Waals surface area (Å²) in [4.78, 5) is 6.74. The zero-order valence-corrected chi connectivity index (χ0v) is 12.7. The summed E-state index contributed by atoms with van der Waals surface area (Å²) in [6.07, 6.45) is 2.39. The summed E-state index contributed by atoms with van der Waals surface area (Å²) in [5, 5.41) is 9.76. The average molecular weight is 283 g/mol. The van der Waals surface area contributed by atoms with Gasteiger partial charge in [-0.1, -0.05) is 32.4 Å². The molecule has 4 heteroatoms. The first-order valence-corrected chi connectivity index (χ1v) is 7.31. The number of hydrogen-bond acceptors (Lipinski definition) is 3. The van der Waals surface area contributed by atoms with Gasteiger partial charge in [0.1, 0.15) is 5.82 Å². The first kappa shape index (κ1) is 14.6. The lowest BCUT2D eigenvalue weighted by atomic mass is 9.75. The molecule has 3 nitrogen and oxygen atoms in total. The molecule has 0 saturated carbocycles. The fourth-order valence-corrected chi connectivity index (χ4v) is 2.90. The highest BCUT2D eigenvalue weighted by atomic mass is 35.5. The van der Waals surface area contributed by atoms with Crippen LogP contribution >= 0.6 is 11.6 Å². The number of rotatable bonds is 2. The van der Waals surface area contributed by atoms with E-state index in [2.05, 4.69) is 30.7 Å². The van der Waals surface area contributed by atoms with Crippen molar-refractivity contribution in [3.63, 3.8) is 0 Å². The minimum absolute atomic E-state index is 0.106. The highest BCUT2D eigenvalue weighted by Gasteiger charge is 2.29. The van der Waals surface area contributed by atoms with Gasteiger partial charge in [0.25, 0.3) is 0 Å². The zero-order chi connectivity index (χ0) is 14.0. The molecular formula is C15H23ClN2O. The van der Waals surface area contributed by atoms with Crippen LogP contribution in [-0.2, 0) is 6.61 Å². The van der Waals surface area contributed by atoms with Gasteiger partial charge in [0.2, 0.25) is 0 Å². The molecule has 0 atom stereocenters. The Morgan fingerprint density at radius 3 is 2.47 bits per heavy atom. The van der Waals surface area contributed by atoms with Crippen LogP contribution in [0.15, 0.2) is 12.1 Å². The van der Waals surface area contributed by atoms with E-state index >= 15 is 0 Å². The topological polar surface area (TPSA) is 36.4 Å². The smallest absolute Gasteiger partial charge is 0.129 e. The van der Waals surface area contributed by atoms with Gasteiger partial charge >= 0.3 is 0 Å². The van der Waals surface area contributed by atoms with E-state index in [0.29, 0.717) is 16.1 Å². The third-order valence-corrected chi connectivity index (χ3v) is 4.44. The molecule has 1 aromatic heterocycles. The summed E-state index contributed by atoms with van der Waals surface area (Å²) in [6, 6.07) is 3.77. The summed E-state index contributed by atoms with van der Waals surface area (Å²) in [5.41, 5.74) is 0.951. The molecule has 0 spiro atoms. The molecule has 1 saturated heterocycles. The Kier molecular flexibility index (Phi) is 4.36. The van der Waals surface area contributed by atoms with Crippen LogP contribution in [-0.4, -0.2) is 23.2 Å². The van der Waals surface area contributed by atoms with Gasteiger partial charge < -0.3 is 10.0 Å². The Hall–Kier alpha value is -0.800. The van der Waals surface area contributed by atoms with Crippen molar-refractivity contribution < 1.29 is 5.11 Å². The van der Waals surface area contributed by atoms with E-state index in [1.54, 1.807) is 0 Å². The standard InChI is InChI=1S/C15H23ClN2O/c1-15(2,3)11-6-8-18(9-7-11)14-5-4-12(16)13(10-19)17-14/h4-5,11,19H,6-10H2,1-3H3. The number of halogens is 1. The van der Waals surface area contributed by atoms with Crippen molar-refractivity contribution in [2.75, 3.05) is 18.0 Å². The number of anilines is 1. The van der Waals surface area contributed by atoms with Crippen molar-refractivity contribution in [1.29, 1.82) is 0 Å². The van der Waals surface area contributed by atoms with E-state index in [1.807, 2.05) is 12.1 Å². The Labute approximate surface area is 120 Å². The van der Waals surface area contributed by atoms with Crippen molar-refractivity contribution in [3.8, 4) is 0 Å². The number of hydrogen-bond donors (Lipinski definition) is 1. The van der Waals surface area contributed by atoms with Gasteiger partial charge in [-0.05, 0) is 36.3 Å². The predicted octanol–water partition coefficient (Wildman–Crippen LogP) is 3.49. The van der Waals surface area contributed by atoms with Crippen LogP contribution in [0.25, 0.3) is 0 Å². The van der Waals surface area contributed by atoms with Crippen LogP contribution in [0.3, 0.4) is 0 Å². The lowest BCUT2D eigenvalue weighted by molar-refractivity contribution is 0.198. The molecule has 2 heterocycles. The van der Waals surface area contributed by atoms with Crippen molar-refractivity contribution >= 4 is 17.4 Å². The van der Waals surface area contributed by atoms with Crippen LogP contribution < -0.4 is 4.90 Å². The molecule has 0 aliphatic carbocycles. The number of piperidine rings is 1. The minimum Gasteiger partial charge on any atom is -0.390 e. The Balaban J connectivity index is 2.05. The molecule has 106 valence electrons. The first-order valence-electron chi connectivity index (χ1n) is 6.93. The molecule has 0 aromatic carbocycles. The number of aliphatic hydroxyl groups excluding tert-OH is 1. The quantitative estimate of drug-likeness (QED) is 0.902. The molecule has 19 heavy (non-hydrogen) atoms. The van der Waals surface area contributed by atoms with Crippen molar-refractivity contribution in [3.05, 3.63) is 22.8 Å². The third-order valence-electron chi connectivity index (χ3n) is 4.10. The van der Waals surface area contributed by atoms with E-state index in [9.17, 15) is 5.11 Å². The number of nitrogens with zero attached hydrogens (tertiary/aromatic N) is 2. The van der Waals surface area contributed by atoms with Gasteiger partial charge in [-0.3, -0.25) is 0 Å². The van der Waals surface area contributed by atoms with Crippen molar-refractivity contribution in [1.82, 2.24) is 4.98 Å². The molecule has 1 aliphatic rings. The van der Waals surface area contributed by atoms with E-state index < -0.39 is 0 Å². The second-order valence-electron chi connectivity index (χ2n) is 6.38. The van der Waals surface area contributed by atoms with Gasteiger partial charge in [-0.15, -0.1) is 0 Å². The normalized spacial score (nSPS) is 17.8. The number of pyridine rings is 1. The lowest BCUT2D eigenvalue weighted by Crippen LogP contribution is -2.38. The van der Waals surface area contributed by atoms with Crippen LogP contribution in [0.1, 0.15) is 39.3 Å². The molecular weight excluding hydrogens is 260 g/mol. The molecule has 1 aliphatic heterocycles. The SMILES string of the molecule is CC(C)(C)C1CCN(c2ccc(Cl)c(CO)n2)CC1. The summed E-state index contributed by atoms with van der Waals surface area (Å²) >= 11 is 5.98. The molecule has 0 unspecified atom stereocenters. The molecule has 1 fully saturated rings. The molecule has 0 amide bonds. The maximum absolute atomic E-state index is 9.22. The Bertz CT molecular complexity index is 434. The van der Waals surface area contributed by atoms with Crippen LogP contribution in [0.4, 0.5) is 5.82 Å². The lowest BCUT2D eigenvalue weighted by Gasteiger charge is -2.39. The summed E-state index contributed by atoms with van der Waals surface area (Å²) < 4.78 is 0. The second-order valence-corrected chi connectivity index (χ2v) is 6.79. The predicted molar refractivity (Wildman–Crippen MR) is 79.6 cm³/mol. The van der Waals surface area contributed by atoms with E-state index in [1.165, 1.54) is 12.8 Å². The average Bonchev–Trinajstić information content (AvgIpc) is 2.38. The maximum atomic E-state index is 9.22. The third kappa shape index (κ3) is 3.40. The molecule has 1 N–H and O–H groups in total. The van der Waals surface area contributed by atoms with Gasteiger partial charge in [-0.25, -0.2) is 4.98 Å². The largest absolute Gasteiger partial charge is 0.390 e. The van der Waals surface area contributed by atoms with Gasteiger partial charge in [-0.2, -0.15) is 0 Å². The maximum Gasteiger partial charge on any atom is 0.129 e. The Morgan fingerprint density at radius 2 is 1.95 bits per heavy atom. The fourth-order valence-electron chi connectivity index (χ4n) is 2.73. The number of aliphatic hydroxyl groups is 1. The van der Waals surface area contributed by atoms with E-state index in [-0.39, 0.29) is 6.61 Å². The van der Waals surface area contributed by atoms with Crippen molar-refractivity contribution in [2.24, 2.45) is 11.3 Å². The van der Waals surface area contributed by atoms with Gasteiger partial charge in [0.15, 0.2) is 0 Å². The first-order chi connectivity index (χ1) is 8.91. The van der Waals surface area contributed by atoms with E-state index in [4.69, 9.17) is 11.6 Å². The van der Waals surface area contributed by atoms with E-state index in [0.717, 1.165) is 24.8 Å². The van der Waals surface area contributed by atoms with Gasteiger partial charge in [0, 0.05) is 13.1 Å². The van der Waals surface area contributed by atoms with Crippen LogP contribution in [0.5, 0.6) is 0 Å². The van der Waals surface area contributed by atoms with Crippen LogP contribution in [0, 0.1) is 11.3 Å². The second kappa shape index (κ2) is 5.68. The molecule has 0 bridgehead atoms. The van der Waals surface area contributed by atoms with Gasteiger partial charge in [0.05, 0.1) is 17.3 Å². The minimum atomic E-state index is -0.106. The summed E-state index contributed by atoms with van der Waals surface area (Å²) in [7, 11) is 0. The highest BCUT2D eigenvalue weighted by molar-refractivity contribution is 6.31. The fraction of sp³-hybridized carbons (Fsp3) is 0.667. The monoisotopic (exact) mass is 282 g/mol. The summed E-state index contributed by atoms with van der Waals surface area (Å²) in [5.74, 6) is 1.70. The Morgan fingerprint density at radius 1 is 1.32 bits per heavy atom. The molecule has 2 rings (SSSR count). The van der Waals surface area contributed by atoms with Crippen molar-refractivity contribution in [2.45, 2.75) is 40.2 Å². The summed E-state index contributed by atoms with van der Waals surface area (Å²) in [6.45, 7) is 8.90. The zero-order valence-electron chi connectivity index (χ0n) is 12.0. The molecule has 0 radical (unpaired) electrons. The highest BCUT2D eigenvalue weighted by Crippen LogP contribution is 2.35. The number of aromatic nitrogens is 1. The molecule has 1 aromatic rings.